The Balaban J connectivity index is 1.63. The summed E-state index contributed by atoms with van der Waals surface area (Å²) in [7, 11) is 1.68. The first-order valence-electron chi connectivity index (χ1n) is 8.81. The molecule has 0 radical (unpaired) electrons. The van der Waals surface area contributed by atoms with Crippen molar-refractivity contribution in [2.75, 3.05) is 19.0 Å². The summed E-state index contributed by atoms with van der Waals surface area (Å²) in [4.78, 5) is 4.38. The molecule has 134 valence electrons. The Bertz CT molecular complexity index is 858. The minimum atomic E-state index is 0.122. The molecule has 0 saturated heterocycles. The molecule has 1 aliphatic heterocycles. The van der Waals surface area contributed by atoms with Crippen molar-refractivity contribution in [1.29, 1.82) is 0 Å². The minimum absolute atomic E-state index is 0.122. The molecule has 0 bridgehead atoms. The second-order valence-electron chi connectivity index (χ2n) is 6.25. The molecule has 2 heterocycles. The van der Waals surface area contributed by atoms with Gasteiger partial charge in [-0.1, -0.05) is 24.3 Å². The second kappa shape index (κ2) is 7.07. The average Bonchev–Trinajstić information content (AvgIpc) is 3.17. The van der Waals surface area contributed by atoms with Crippen LogP contribution in [0.3, 0.4) is 0 Å². The largest absolute Gasteiger partial charge is 0.497 e. The van der Waals surface area contributed by atoms with Crippen LogP contribution in [-0.2, 0) is 0 Å². The van der Waals surface area contributed by atoms with Crippen LogP contribution in [0.2, 0.25) is 0 Å². The molecule has 4 rings (SSSR count). The lowest BCUT2D eigenvalue weighted by Gasteiger charge is -2.32. The molecular formula is C20H22N4O2. The van der Waals surface area contributed by atoms with Crippen molar-refractivity contribution in [3.05, 3.63) is 66.0 Å². The second-order valence-corrected chi connectivity index (χ2v) is 6.25. The average molecular weight is 350 g/mol. The highest BCUT2D eigenvalue weighted by atomic mass is 16.5. The van der Waals surface area contributed by atoms with E-state index in [1.54, 1.807) is 13.4 Å². The van der Waals surface area contributed by atoms with Crippen LogP contribution < -0.4 is 14.8 Å². The van der Waals surface area contributed by atoms with Gasteiger partial charge in [0.1, 0.15) is 17.8 Å². The SMILES string of the molecule is CCOc1ccc([C@@H]2C[C@@H](c3ccc(OC)cc3)n3ncnc3N2)cc1. The number of nitrogens with one attached hydrogen (secondary N) is 1. The fraction of sp³-hybridized carbons (Fsp3) is 0.300. The summed E-state index contributed by atoms with van der Waals surface area (Å²) in [5, 5.41) is 7.91. The van der Waals surface area contributed by atoms with Gasteiger partial charge in [0.25, 0.3) is 0 Å². The topological polar surface area (TPSA) is 61.2 Å². The number of aromatic nitrogens is 3. The van der Waals surface area contributed by atoms with E-state index in [4.69, 9.17) is 9.47 Å². The number of hydrogen-bond donors (Lipinski definition) is 1. The molecule has 2 aromatic carbocycles. The summed E-state index contributed by atoms with van der Waals surface area (Å²) in [5.41, 5.74) is 2.40. The number of anilines is 1. The highest BCUT2D eigenvalue weighted by Gasteiger charge is 2.29. The van der Waals surface area contributed by atoms with E-state index in [0.29, 0.717) is 6.61 Å². The zero-order valence-electron chi connectivity index (χ0n) is 14.9. The van der Waals surface area contributed by atoms with Crippen LogP contribution in [0.4, 0.5) is 5.95 Å². The van der Waals surface area contributed by atoms with Crippen molar-refractivity contribution >= 4 is 5.95 Å². The minimum Gasteiger partial charge on any atom is -0.497 e. The lowest BCUT2D eigenvalue weighted by Crippen LogP contribution is -2.28. The molecule has 0 amide bonds. The first-order valence-corrected chi connectivity index (χ1v) is 8.81. The molecule has 1 aliphatic rings. The summed E-state index contributed by atoms with van der Waals surface area (Å²) in [5.74, 6) is 2.53. The van der Waals surface area contributed by atoms with E-state index in [1.165, 1.54) is 11.1 Å². The summed E-state index contributed by atoms with van der Waals surface area (Å²) >= 11 is 0. The van der Waals surface area contributed by atoms with Crippen molar-refractivity contribution in [3.63, 3.8) is 0 Å². The number of methoxy groups -OCH3 is 1. The molecule has 26 heavy (non-hydrogen) atoms. The van der Waals surface area contributed by atoms with Crippen LogP contribution in [-0.4, -0.2) is 28.5 Å². The molecule has 6 nitrogen and oxygen atoms in total. The first-order chi connectivity index (χ1) is 12.8. The number of hydrogen-bond acceptors (Lipinski definition) is 5. The third-order valence-corrected chi connectivity index (χ3v) is 4.72. The van der Waals surface area contributed by atoms with Gasteiger partial charge in [-0.2, -0.15) is 10.1 Å². The normalized spacial score (nSPS) is 18.7. The van der Waals surface area contributed by atoms with Crippen LogP contribution >= 0.6 is 0 Å². The van der Waals surface area contributed by atoms with Gasteiger partial charge in [-0.15, -0.1) is 0 Å². The van der Waals surface area contributed by atoms with Gasteiger partial charge < -0.3 is 14.8 Å². The number of ether oxygens (including phenoxy) is 2. The fourth-order valence-corrected chi connectivity index (χ4v) is 3.41. The van der Waals surface area contributed by atoms with Crippen molar-refractivity contribution in [3.8, 4) is 11.5 Å². The molecule has 0 spiro atoms. The van der Waals surface area contributed by atoms with Gasteiger partial charge in [-0.25, -0.2) is 4.68 Å². The van der Waals surface area contributed by atoms with E-state index in [0.717, 1.165) is 23.9 Å². The molecule has 0 aliphatic carbocycles. The molecular weight excluding hydrogens is 328 g/mol. The Morgan fingerprint density at radius 3 is 2.42 bits per heavy atom. The molecule has 1 aromatic heterocycles. The Labute approximate surface area is 152 Å². The summed E-state index contributed by atoms with van der Waals surface area (Å²) < 4.78 is 12.8. The van der Waals surface area contributed by atoms with Gasteiger partial charge >= 0.3 is 0 Å². The van der Waals surface area contributed by atoms with Gasteiger partial charge in [0.15, 0.2) is 0 Å². The third-order valence-electron chi connectivity index (χ3n) is 4.72. The van der Waals surface area contributed by atoms with Gasteiger partial charge in [0.05, 0.1) is 25.8 Å². The predicted molar refractivity (Wildman–Crippen MR) is 99.7 cm³/mol. The number of benzene rings is 2. The van der Waals surface area contributed by atoms with E-state index < -0.39 is 0 Å². The molecule has 0 fully saturated rings. The van der Waals surface area contributed by atoms with Crippen LogP contribution in [0.1, 0.15) is 36.6 Å². The lowest BCUT2D eigenvalue weighted by molar-refractivity contribution is 0.340. The zero-order chi connectivity index (χ0) is 17.9. The Morgan fingerprint density at radius 1 is 1.04 bits per heavy atom. The van der Waals surface area contributed by atoms with Crippen LogP contribution in [0.15, 0.2) is 54.9 Å². The Kier molecular flexibility index (Phi) is 4.48. The predicted octanol–water partition coefficient (Wildman–Crippen LogP) is 3.83. The third kappa shape index (κ3) is 3.10. The lowest BCUT2D eigenvalue weighted by atomic mass is 9.93. The van der Waals surface area contributed by atoms with Gasteiger partial charge in [-0.05, 0) is 48.7 Å². The van der Waals surface area contributed by atoms with E-state index in [9.17, 15) is 0 Å². The molecule has 2 atom stereocenters. The smallest absolute Gasteiger partial charge is 0.222 e. The number of fused-ring (bicyclic) bond motifs is 1. The maximum absolute atomic E-state index is 5.55. The maximum atomic E-state index is 5.55. The summed E-state index contributed by atoms with van der Waals surface area (Å²) in [6.45, 7) is 2.66. The number of nitrogens with zero attached hydrogens (tertiary/aromatic N) is 3. The Morgan fingerprint density at radius 2 is 1.73 bits per heavy atom. The van der Waals surface area contributed by atoms with Gasteiger partial charge in [0.2, 0.25) is 5.95 Å². The first kappa shape index (κ1) is 16.4. The Hall–Kier alpha value is -3.02. The van der Waals surface area contributed by atoms with Crippen molar-refractivity contribution in [2.45, 2.75) is 25.4 Å². The molecule has 1 N–H and O–H groups in total. The van der Waals surface area contributed by atoms with E-state index >= 15 is 0 Å². The quantitative estimate of drug-likeness (QED) is 0.758. The van der Waals surface area contributed by atoms with Crippen LogP contribution in [0.25, 0.3) is 0 Å². The standard InChI is InChI=1S/C20H22N4O2/c1-3-26-17-10-4-14(5-11-17)18-12-19(24-20(23-18)21-13-22-24)15-6-8-16(25-2)9-7-15/h4-11,13,18-19H,3,12H2,1-2H3,(H,21,22,23)/t18-,19-/m0/s1. The van der Waals surface area contributed by atoms with Gasteiger partial charge in [-0.3, -0.25) is 0 Å². The van der Waals surface area contributed by atoms with Crippen molar-refractivity contribution in [1.82, 2.24) is 14.8 Å². The van der Waals surface area contributed by atoms with E-state index in [-0.39, 0.29) is 12.1 Å². The molecule has 0 unspecified atom stereocenters. The van der Waals surface area contributed by atoms with Crippen molar-refractivity contribution < 1.29 is 9.47 Å². The maximum Gasteiger partial charge on any atom is 0.222 e. The molecule has 6 heteroatoms. The van der Waals surface area contributed by atoms with Crippen molar-refractivity contribution in [2.24, 2.45) is 0 Å². The van der Waals surface area contributed by atoms with E-state index in [1.807, 2.05) is 35.9 Å². The van der Waals surface area contributed by atoms with E-state index in [2.05, 4.69) is 39.7 Å². The van der Waals surface area contributed by atoms with Gasteiger partial charge in [0, 0.05) is 0 Å². The van der Waals surface area contributed by atoms with Crippen LogP contribution in [0, 0.1) is 0 Å². The fourth-order valence-electron chi connectivity index (χ4n) is 3.41. The number of rotatable bonds is 5. The van der Waals surface area contributed by atoms with Crippen LogP contribution in [0.5, 0.6) is 11.5 Å². The monoisotopic (exact) mass is 350 g/mol. The summed E-state index contributed by atoms with van der Waals surface area (Å²) in [6, 6.07) is 16.7. The molecule has 0 saturated carbocycles. The highest BCUT2D eigenvalue weighted by Crippen LogP contribution is 2.38. The summed E-state index contributed by atoms with van der Waals surface area (Å²) in [6.07, 6.45) is 2.48. The zero-order valence-corrected chi connectivity index (χ0v) is 14.9. The molecule has 3 aromatic rings. The highest BCUT2D eigenvalue weighted by molar-refractivity contribution is 5.40.